The van der Waals surface area contributed by atoms with Gasteiger partial charge in [-0.15, -0.1) is 0 Å². The average molecular weight is 664 g/mol. The molecule has 4 rings (SSSR count). The third kappa shape index (κ3) is 7.35. The van der Waals surface area contributed by atoms with E-state index in [0.29, 0.717) is 0 Å². The Morgan fingerprint density at radius 2 is 0.810 bits per heavy atom. The van der Waals surface area contributed by atoms with Gasteiger partial charge in [0.25, 0.3) is 0 Å². The molecule has 4 aromatic rings. The van der Waals surface area contributed by atoms with E-state index >= 15 is 0 Å². The molecule has 0 fully saturated rings. The van der Waals surface area contributed by atoms with Crippen LogP contribution in [0.15, 0.2) is 131 Å². The molecule has 0 unspecified atom stereocenters. The fraction of sp³-hybridized carbons (Fsp3) is 0.325. The van der Waals surface area contributed by atoms with Gasteiger partial charge in [-0.25, -0.2) is 0 Å². The second-order valence-electron chi connectivity index (χ2n) is 14.0. The zero-order valence-corrected chi connectivity index (χ0v) is 29.5. The van der Waals surface area contributed by atoms with Crippen molar-refractivity contribution in [1.82, 2.24) is 0 Å². The standard InChI is InChI=1S/C10H9O.3C10H13.Sn/c1-2-6-10(11)9-7-4-3-5-8-9;3*1-10(2,3)9-7-5-4-6-8-9;/h2-5,7-8H,1H3;3*4-8H,1H2,2-3H3;. The normalized spacial score (nSPS) is 13.2. The summed E-state index contributed by atoms with van der Waals surface area (Å²) in [6.45, 7) is 16.5. The van der Waals surface area contributed by atoms with E-state index in [0.717, 1.165) is 22.5 Å². The summed E-state index contributed by atoms with van der Waals surface area (Å²) in [6.07, 6.45) is 2.22. The van der Waals surface area contributed by atoms with Crippen LogP contribution in [0.5, 0.6) is 0 Å². The molecule has 4 aromatic carbocycles. The van der Waals surface area contributed by atoms with Crippen LogP contribution in [-0.4, -0.2) is 24.2 Å². The van der Waals surface area contributed by atoms with Gasteiger partial charge in [0.1, 0.15) is 0 Å². The number of hydrogen-bond acceptors (Lipinski definition) is 1. The first-order valence-corrected chi connectivity index (χ1v) is 22.8. The van der Waals surface area contributed by atoms with E-state index in [1.807, 2.05) is 30.3 Å². The Morgan fingerprint density at radius 1 is 0.524 bits per heavy atom. The number of hydrogen-bond donors (Lipinski definition) is 0. The van der Waals surface area contributed by atoms with Crippen LogP contribution in [-0.2, 0) is 16.2 Å². The van der Waals surface area contributed by atoms with Crippen LogP contribution < -0.4 is 0 Å². The Morgan fingerprint density at radius 3 is 1.10 bits per heavy atom. The van der Waals surface area contributed by atoms with E-state index in [4.69, 9.17) is 0 Å². The zero-order chi connectivity index (χ0) is 30.4. The molecule has 0 saturated carbocycles. The Bertz CT molecular complexity index is 1340. The summed E-state index contributed by atoms with van der Waals surface area (Å²) in [4.78, 5) is 14.7. The molecule has 0 aromatic heterocycles. The Balaban J connectivity index is 1.97. The number of rotatable bonds is 12. The van der Waals surface area contributed by atoms with Crippen LogP contribution in [0.25, 0.3) is 0 Å². The van der Waals surface area contributed by atoms with Gasteiger partial charge in [-0.3, -0.25) is 0 Å². The SMILES string of the molecule is C/C=[C](\C(=O)c1ccccc1)[Sn]([CH2]C(C)(C)c1ccccc1)([CH2]C(C)(C)c1ccccc1)[CH2]C(C)(C)c1ccccc1. The van der Waals surface area contributed by atoms with Crippen LogP contribution in [0, 0.1) is 0 Å². The van der Waals surface area contributed by atoms with Gasteiger partial charge < -0.3 is 0 Å². The molecule has 0 N–H and O–H groups in total. The predicted octanol–water partition coefficient (Wildman–Crippen LogP) is 10.7. The van der Waals surface area contributed by atoms with Crippen LogP contribution in [0.1, 0.15) is 75.5 Å². The second-order valence-corrected chi connectivity index (χ2v) is 25.8. The molecule has 218 valence electrons. The molecular weight excluding hydrogens is 615 g/mol. The fourth-order valence-electron chi connectivity index (χ4n) is 7.41. The van der Waals surface area contributed by atoms with Crippen LogP contribution in [0.4, 0.5) is 0 Å². The molecule has 0 bridgehead atoms. The van der Waals surface area contributed by atoms with Crippen LogP contribution in [0.2, 0.25) is 13.3 Å². The Labute approximate surface area is 259 Å². The molecule has 0 spiro atoms. The summed E-state index contributed by atoms with van der Waals surface area (Å²) in [6, 6.07) is 42.8. The summed E-state index contributed by atoms with van der Waals surface area (Å²) in [5, 5.41) is 0. The third-order valence-electron chi connectivity index (χ3n) is 9.15. The maximum absolute atomic E-state index is 14.7. The molecule has 0 aliphatic carbocycles. The zero-order valence-electron chi connectivity index (χ0n) is 26.7. The van der Waals surface area contributed by atoms with Crippen LogP contribution in [0.3, 0.4) is 0 Å². The van der Waals surface area contributed by atoms with Crippen molar-refractivity contribution in [3.63, 3.8) is 0 Å². The van der Waals surface area contributed by atoms with Gasteiger partial charge in [0.2, 0.25) is 0 Å². The number of allylic oxidation sites excluding steroid dienone is 2. The van der Waals surface area contributed by atoms with Crippen molar-refractivity contribution in [2.75, 3.05) is 0 Å². The minimum absolute atomic E-state index is 0.0812. The van der Waals surface area contributed by atoms with E-state index < -0.39 is 18.4 Å². The van der Waals surface area contributed by atoms with Gasteiger partial charge in [0.15, 0.2) is 0 Å². The first kappa shape index (κ1) is 32.0. The van der Waals surface area contributed by atoms with Crippen molar-refractivity contribution >= 4 is 24.2 Å². The summed E-state index contributed by atoms with van der Waals surface area (Å²) in [5.41, 5.74) is 4.61. The first-order valence-electron chi connectivity index (χ1n) is 15.3. The predicted molar refractivity (Wildman–Crippen MR) is 183 cm³/mol. The number of ketones is 1. The monoisotopic (exact) mass is 664 g/mol. The topological polar surface area (TPSA) is 17.1 Å². The molecular formula is C40H48OSn. The molecule has 0 saturated heterocycles. The first-order chi connectivity index (χ1) is 19.9. The van der Waals surface area contributed by atoms with Crippen molar-refractivity contribution < 1.29 is 4.79 Å². The number of carbonyl (C=O) groups is 1. The van der Waals surface area contributed by atoms with Gasteiger partial charge in [-0.1, -0.05) is 0 Å². The molecule has 0 aliphatic heterocycles. The fourth-order valence-corrected chi connectivity index (χ4v) is 29.9. The molecule has 0 amide bonds. The second kappa shape index (κ2) is 13.2. The van der Waals surface area contributed by atoms with Gasteiger partial charge in [0, 0.05) is 0 Å². The van der Waals surface area contributed by atoms with Crippen molar-refractivity contribution in [3.05, 3.63) is 153 Å². The molecule has 1 nitrogen and oxygen atoms in total. The van der Waals surface area contributed by atoms with E-state index in [9.17, 15) is 4.79 Å². The van der Waals surface area contributed by atoms with Crippen molar-refractivity contribution in [2.24, 2.45) is 0 Å². The average Bonchev–Trinajstić information content (AvgIpc) is 2.98. The summed E-state index contributed by atoms with van der Waals surface area (Å²) < 4.78 is 4.29. The molecule has 42 heavy (non-hydrogen) atoms. The maximum atomic E-state index is 14.7. The van der Waals surface area contributed by atoms with Gasteiger partial charge in [0.05, 0.1) is 0 Å². The third-order valence-corrected chi connectivity index (χ3v) is 27.2. The number of Topliss-reactive ketones (excluding diaryl/α,β-unsaturated/α-hetero) is 1. The molecule has 0 radical (unpaired) electrons. The van der Waals surface area contributed by atoms with E-state index in [1.54, 1.807) is 0 Å². The molecule has 2 heteroatoms. The van der Waals surface area contributed by atoms with E-state index in [2.05, 4.69) is 146 Å². The molecule has 0 heterocycles. The van der Waals surface area contributed by atoms with Gasteiger partial charge >= 0.3 is 260 Å². The summed E-state index contributed by atoms with van der Waals surface area (Å²) in [7, 11) is 0. The number of benzene rings is 4. The van der Waals surface area contributed by atoms with E-state index in [1.165, 1.54) is 16.7 Å². The van der Waals surface area contributed by atoms with Crippen LogP contribution >= 0.6 is 0 Å². The quantitative estimate of drug-likeness (QED) is 0.0838. The Hall–Kier alpha value is -2.91. The van der Waals surface area contributed by atoms with Crippen molar-refractivity contribution in [2.45, 2.75) is 78.0 Å². The van der Waals surface area contributed by atoms with Gasteiger partial charge in [-0.05, 0) is 0 Å². The van der Waals surface area contributed by atoms with Gasteiger partial charge in [-0.2, -0.15) is 0 Å². The number of carbonyl (C=O) groups excluding carboxylic acids is 1. The summed E-state index contributed by atoms with van der Waals surface area (Å²) >= 11 is -3.73. The van der Waals surface area contributed by atoms with Crippen molar-refractivity contribution in [3.8, 4) is 0 Å². The molecule has 0 atom stereocenters. The van der Waals surface area contributed by atoms with Crippen molar-refractivity contribution in [1.29, 1.82) is 0 Å². The minimum atomic E-state index is -3.73. The van der Waals surface area contributed by atoms with E-state index in [-0.39, 0.29) is 22.0 Å². The summed E-state index contributed by atoms with van der Waals surface area (Å²) in [5.74, 6) is 0.227. The molecule has 0 aliphatic rings. The Kier molecular flexibility index (Phi) is 10.0.